The number of amidine groups is 1. The molecule has 0 unspecified atom stereocenters. The quantitative estimate of drug-likeness (QED) is 0.452. The van der Waals surface area contributed by atoms with Gasteiger partial charge in [0.15, 0.2) is 5.17 Å². The summed E-state index contributed by atoms with van der Waals surface area (Å²) in [4.78, 5) is 4.34. The van der Waals surface area contributed by atoms with E-state index < -0.39 is 0 Å². The van der Waals surface area contributed by atoms with Gasteiger partial charge in [0.1, 0.15) is 11.5 Å². The predicted octanol–water partition coefficient (Wildman–Crippen LogP) is 2.69. The zero-order valence-electron chi connectivity index (χ0n) is 13.0. The lowest BCUT2D eigenvalue weighted by Crippen LogP contribution is -2.15. The van der Waals surface area contributed by atoms with Crippen molar-refractivity contribution in [1.82, 2.24) is 0 Å². The molecule has 6 heteroatoms. The van der Waals surface area contributed by atoms with Crippen molar-refractivity contribution in [2.75, 3.05) is 32.1 Å². The molecular formula is C16H24N2O3S. The molecule has 0 aliphatic carbocycles. The number of benzene rings is 1. The largest absolute Gasteiger partial charge is 0.494 e. The molecule has 1 fully saturated rings. The molecule has 22 heavy (non-hydrogen) atoms. The van der Waals surface area contributed by atoms with Gasteiger partial charge in [-0.25, -0.2) is 0 Å². The van der Waals surface area contributed by atoms with Crippen LogP contribution in [-0.4, -0.2) is 43.4 Å². The van der Waals surface area contributed by atoms with Gasteiger partial charge in [-0.2, -0.15) is 0 Å². The van der Waals surface area contributed by atoms with E-state index in [2.05, 4.69) is 4.99 Å². The molecular weight excluding hydrogens is 300 g/mol. The van der Waals surface area contributed by atoms with Crippen LogP contribution in [0.4, 0.5) is 0 Å². The number of ether oxygens (including phenoxy) is 3. The number of hydrogen-bond acceptors (Lipinski definition) is 5. The maximum absolute atomic E-state index is 5.87. The van der Waals surface area contributed by atoms with Crippen LogP contribution in [0, 0.1) is 0 Å². The average Bonchev–Trinajstić information content (AvgIpc) is 3.05. The topological polar surface area (TPSA) is 66.1 Å². The molecule has 1 aliphatic heterocycles. The molecule has 2 rings (SSSR count). The van der Waals surface area contributed by atoms with Crippen molar-refractivity contribution in [1.29, 1.82) is 0 Å². The highest BCUT2D eigenvalue weighted by atomic mass is 32.2. The van der Waals surface area contributed by atoms with Gasteiger partial charge in [0.25, 0.3) is 0 Å². The van der Waals surface area contributed by atoms with E-state index in [0.29, 0.717) is 24.9 Å². The molecule has 1 aromatic rings. The van der Waals surface area contributed by atoms with Crippen molar-refractivity contribution in [3.05, 3.63) is 24.3 Å². The van der Waals surface area contributed by atoms with E-state index >= 15 is 0 Å². The Balaban J connectivity index is 1.60. The second kappa shape index (κ2) is 9.58. The van der Waals surface area contributed by atoms with E-state index in [1.165, 1.54) is 11.8 Å². The molecule has 1 aromatic carbocycles. The van der Waals surface area contributed by atoms with E-state index in [9.17, 15) is 0 Å². The van der Waals surface area contributed by atoms with E-state index in [4.69, 9.17) is 19.9 Å². The zero-order valence-corrected chi connectivity index (χ0v) is 13.8. The van der Waals surface area contributed by atoms with E-state index in [-0.39, 0.29) is 6.10 Å². The van der Waals surface area contributed by atoms with Gasteiger partial charge in [-0.3, -0.25) is 4.99 Å². The highest BCUT2D eigenvalue weighted by Crippen LogP contribution is 2.18. The summed E-state index contributed by atoms with van der Waals surface area (Å²) in [5, 5.41) is 0.603. The fourth-order valence-electron chi connectivity index (χ4n) is 2.13. The number of thioether (sulfide) groups is 1. The minimum absolute atomic E-state index is 0.249. The Bertz CT molecular complexity index is 459. The minimum atomic E-state index is 0.249. The van der Waals surface area contributed by atoms with Crippen LogP contribution < -0.4 is 15.2 Å². The molecule has 1 saturated heterocycles. The normalized spacial score (nSPS) is 18.4. The molecule has 1 heterocycles. The molecule has 5 nitrogen and oxygen atoms in total. The second-order valence-electron chi connectivity index (χ2n) is 4.92. The molecule has 1 atom stereocenters. The van der Waals surface area contributed by atoms with Gasteiger partial charge in [-0.1, -0.05) is 11.8 Å². The maximum Gasteiger partial charge on any atom is 0.154 e. The summed E-state index contributed by atoms with van der Waals surface area (Å²) in [5.41, 5.74) is 5.87. The van der Waals surface area contributed by atoms with Crippen molar-refractivity contribution < 1.29 is 14.2 Å². The SMILES string of the molecule is CCOc1ccc(OCCSC(N)=NC[C@@H]2CCCO2)cc1. The summed E-state index contributed by atoms with van der Waals surface area (Å²) < 4.78 is 16.5. The summed E-state index contributed by atoms with van der Waals surface area (Å²) in [6, 6.07) is 7.63. The van der Waals surface area contributed by atoms with Crippen LogP contribution in [0.5, 0.6) is 11.5 Å². The van der Waals surface area contributed by atoms with Crippen LogP contribution in [0.15, 0.2) is 29.3 Å². The molecule has 1 aliphatic rings. The van der Waals surface area contributed by atoms with Gasteiger partial charge >= 0.3 is 0 Å². The standard InChI is InChI=1S/C16H24N2O3S/c1-2-19-13-5-7-14(8-6-13)21-10-11-22-16(17)18-12-15-4-3-9-20-15/h5-8,15H,2-4,9-12H2,1H3,(H2,17,18)/t15-/m0/s1. The third-order valence-electron chi connectivity index (χ3n) is 3.21. The third kappa shape index (κ3) is 6.15. The number of nitrogens with zero attached hydrogens (tertiary/aromatic N) is 1. The van der Waals surface area contributed by atoms with Crippen LogP contribution in [0.3, 0.4) is 0 Å². The Morgan fingerprint density at radius 2 is 2.05 bits per heavy atom. The molecule has 0 bridgehead atoms. The van der Waals surface area contributed by atoms with Gasteiger partial charge in [-0.15, -0.1) is 0 Å². The zero-order chi connectivity index (χ0) is 15.6. The molecule has 2 N–H and O–H groups in total. The number of nitrogens with two attached hydrogens (primary N) is 1. The number of hydrogen-bond donors (Lipinski definition) is 1. The first-order chi connectivity index (χ1) is 10.8. The van der Waals surface area contributed by atoms with Crippen molar-refractivity contribution in [2.24, 2.45) is 10.7 Å². The number of aliphatic imine (C=N–C) groups is 1. The smallest absolute Gasteiger partial charge is 0.154 e. The van der Waals surface area contributed by atoms with Crippen molar-refractivity contribution in [3.63, 3.8) is 0 Å². The highest BCUT2D eigenvalue weighted by molar-refractivity contribution is 8.13. The summed E-state index contributed by atoms with van der Waals surface area (Å²) >= 11 is 1.51. The summed E-state index contributed by atoms with van der Waals surface area (Å²) in [6.07, 6.45) is 2.46. The van der Waals surface area contributed by atoms with Crippen molar-refractivity contribution in [3.8, 4) is 11.5 Å². The Labute approximate surface area is 136 Å². The first-order valence-corrected chi connectivity index (χ1v) is 8.66. The van der Waals surface area contributed by atoms with Gasteiger partial charge in [0.05, 0.1) is 25.9 Å². The summed E-state index contributed by atoms with van der Waals surface area (Å²) in [7, 11) is 0. The van der Waals surface area contributed by atoms with Crippen LogP contribution in [0.25, 0.3) is 0 Å². The van der Waals surface area contributed by atoms with Gasteiger partial charge in [-0.05, 0) is 44.0 Å². The van der Waals surface area contributed by atoms with Crippen LogP contribution >= 0.6 is 11.8 Å². The van der Waals surface area contributed by atoms with Crippen molar-refractivity contribution >= 4 is 16.9 Å². The summed E-state index contributed by atoms with van der Waals surface area (Å²) in [6.45, 7) is 4.74. The first kappa shape index (κ1) is 17.0. The van der Waals surface area contributed by atoms with Crippen LogP contribution in [-0.2, 0) is 4.74 Å². The molecule has 0 radical (unpaired) electrons. The fraction of sp³-hybridized carbons (Fsp3) is 0.562. The van der Waals surface area contributed by atoms with Crippen molar-refractivity contribution in [2.45, 2.75) is 25.9 Å². The number of rotatable bonds is 8. The fourth-order valence-corrected chi connectivity index (χ4v) is 2.67. The molecule has 122 valence electrons. The Morgan fingerprint density at radius 1 is 1.32 bits per heavy atom. The van der Waals surface area contributed by atoms with Crippen LogP contribution in [0.2, 0.25) is 0 Å². The Morgan fingerprint density at radius 3 is 2.68 bits per heavy atom. The van der Waals surface area contributed by atoms with Crippen LogP contribution in [0.1, 0.15) is 19.8 Å². The minimum Gasteiger partial charge on any atom is -0.494 e. The Hall–Kier alpha value is -1.40. The lowest BCUT2D eigenvalue weighted by molar-refractivity contribution is 0.118. The molecule has 0 spiro atoms. The van der Waals surface area contributed by atoms with E-state index in [1.807, 2.05) is 31.2 Å². The maximum atomic E-state index is 5.87. The molecule has 0 amide bonds. The van der Waals surface area contributed by atoms with Gasteiger partial charge in [0, 0.05) is 12.4 Å². The molecule has 0 aromatic heterocycles. The average molecular weight is 324 g/mol. The second-order valence-corrected chi connectivity index (χ2v) is 6.03. The lowest BCUT2D eigenvalue weighted by Gasteiger charge is -2.08. The summed E-state index contributed by atoms with van der Waals surface area (Å²) in [5.74, 6) is 2.46. The van der Waals surface area contributed by atoms with Gasteiger partial charge in [0.2, 0.25) is 0 Å². The third-order valence-corrected chi connectivity index (χ3v) is 4.01. The lowest BCUT2D eigenvalue weighted by atomic mass is 10.2. The monoisotopic (exact) mass is 324 g/mol. The van der Waals surface area contributed by atoms with Gasteiger partial charge < -0.3 is 19.9 Å². The first-order valence-electron chi connectivity index (χ1n) is 7.68. The van der Waals surface area contributed by atoms with E-state index in [1.54, 1.807) is 0 Å². The highest BCUT2D eigenvalue weighted by Gasteiger charge is 2.14. The molecule has 0 saturated carbocycles. The Kier molecular flexibility index (Phi) is 7.39. The van der Waals surface area contributed by atoms with E-state index in [0.717, 1.165) is 36.7 Å². The predicted molar refractivity (Wildman–Crippen MR) is 91.0 cm³/mol.